The number of nitrogens with zero attached hydrogens (tertiary/aromatic N) is 4. The summed E-state index contributed by atoms with van der Waals surface area (Å²) in [6.45, 7) is 6.94. The zero-order chi connectivity index (χ0) is 18.8. The normalized spacial score (nSPS) is 25.4. The Kier molecular flexibility index (Phi) is 5.13. The van der Waals surface area contributed by atoms with Gasteiger partial charge in [-0.3, -0.25) is 14.7 Å². The van der Waals surface area contributed by atoms with Crippen LogP contribution in [0.15, 0.2) is 36.9 Å². The molecule has 3 atom stereocenters. The SMILES string of the molecule is CC(C)[C@@H]1CN2C[C@H](NC(=O)c3cnc(-c4cccnc4)nc3)C[C@H]2CO1. The molecule has 4 heterocycles. The standard InChI is InChI=1S/C20H25N5O2/c1-13(2)18-11-25-10-16(6-17(25)12-27-18)24-20(26)15-8-22-19(23-9-15)14-4-3-5-21-7-14/h3-5,7-9,13,16-18H,6,10-12H2,1-2H3,(H,24,26)/t16-,17+,18+/m1/s1. The highest BCUT2D eigenvalue weighted by atomic mass is 16.5. The topological polar surface area (TPSA) is 80.2 Å². The summed E-state index contributed by atoms with van der Waals surface area (Å²) in [5.74, 6) is 0.948. The summed E-state index contributed by atoms with van der Waals surface area (Å²) in [6.07, 6.45) is 7.76. The third-order valence-electron chi connectivity index (χ3n) is 5.36. The van der Waals surface area contributed by atoms with Crippen molar-refractivity contribution in [3.05, 3.63) is 42.5 Å². The summed E-state index contributed by atoms with van der Waals surface area (Å²) in [5, 5.41) is 3.13. The van der Waals surface area contributed by atoms with Crippen molar-refractivity contribution < 1.29 is 9.53 Å². The number of hydrogen-bond acceptors (Lipinski definition) is 6. The Balaban J connectivity index is 1.36. The minimum absolute atomic E-state index is 0.126. The van der Waals surface area contributed by atoms with Crippen LogP contribution in [-0.2, 0) is 4.74 Å². The Morgan fingerprint density at radius 3 is 2.78 bits per heavy atom. The average molecular weight is 367 g/mol. The van der Waals surface area contributed by atoms with Crippen molar-refractivity contribution in [2.45, 2.75) is 38.5 Å². The quantitative estimate of drug-likeness (QED) is 0.887. The van der Waals surface area contributed by atoms with Crippen LogP contribution in [0.5, 0.6) is 0 Å². The summed E-state index contributed by atoms with van der Waals surface area (Å²) >= 11 is 0. The van der Waals surface area contributed by atoms with E-state index in [-0.39, 0.29) is 18.1 Å². The number of morpholine rings is 1. The first-order valence-electron chi connectivity index (χ1n) is 9.49. The molecule has 2 fully saturated rings. The first kappa shape index (κ1) is 18.0. The molecule has 0 saturated carbocycles. The fraction of sp³-hybridized carbons (Fsp3) is 0.500. The van der Waals surface area contributed by atoms with Gasteiger partial charge < -0.3 is 10.1 Å². The molecule has 0 radical (unpaired) electrons. The number of pyridine rings is 1. The summed E-state index contributed by atoms with van der Waals surface area (Å²) in [7, 11) is 0. The Hall–Kier alpha value is -2.38. The molecule has 2 aliphatic rings. The Morgan fingerprint density at radius 2 is 2.07 bits per heavy atom. The molecule has 142 valence electrons. The fourth-order valence-corrected chi connectivity index (χ4v) is 3.77. The van der Waals surface area contributed by atoms with Crippen LogP contribution >= 0.6 is 0 Å². The second kappa shape index (κ2) is 7.70. The number of amides is 1. The molecule has 0 spiro atoms. The van der Waals surface area contributed by atoms with Crippen molar-refractivity contribution >= 4 is 5.91 Å². The average Bonchev–Trinajstić information content (AvgIpc) is 3.10. The monoisotopic (exact) mass is 367 g/mol. The number of carbonyl (C=O) groups is 1. The van der Waals surface area contributed by atoms with Crippen molar-refractivity contribution in [1.29, 1.82) is 0 Å². The number of aromatic nitrogens is 3. The Labute approximate surface area is 159 Å². The summed E-state index contributed by atoms with van der Waals surface area (Å²) < 4.78 is 5.97. The smallest absolute Gasteiger partial charge is 0.254 e. The Morgan fingerprint density at radius 1 is 1.26 bits per heavy atom. The molecule has 1 N–H and O–H groups in total. The molecule has 4 rings (SSSR count). The van der Waals surface area contributed by atoms with E-state index < -0.39 is 0 Å². The number of ether oxygens (including phenoxy) is 1. The number of fused-ring (bicyclic) bond motifs is 1. The lowest BCUT2D eigenvalue weighted by Gasteiger charge is -2.36. The van der Waals surface area contributed by atoms with E-state index in [2.05, 4.69) is 39.0 Å². The number of hydrogen-bond donors (Lipinski definition) is 1. The van der Waals surface area contributed by atoms with E-state index in [1.54, 1.807) is 24.8 Å². The van der Waals surface area contributed by atoms with Crippen molar-refractivity contribution in [3.63, 3.8) is 0 Å². The van der Waals surface area contributed by atoms with Gasteiger partial charge in [0.2, 0.25) is 0 Å². The maximum atomic E-state index is 12.6. The van der Waals surface area contributed by atoms with E-state index in [1.165, 1.54) is 0 Å². The van der Waals surface area contributed by atoms with Crippen LogP contribution in [0.1, 0.15) is 30.6 Å². The van der Waals surface area contributed by atoms with Crippen LogP contribution in [0.25, 0.3) is 11.4 Å². The third-order valence-corrected chi connectivity index (χ3v) is 5.36. The van der Waals surface area contributed by atoms with Crippen molar-refractivity contribution in [3.8, 4) is 11.4 Å². The van der Waals surface area contributed by atoms with Crippen LogP contribution in [0, 0.1) is 5.92 Å². The minimum atomic E-state index is -0.126. The van der Waals surface area contributed by atoms with Gasteiger partial charge in [-0.2, -0.15) is 0 Å². The first-order chi connectivity index (χ1) is 13.1. The summed E-state index contributed by atoms with van der Waals surface area (Å²) in [5.41, 5.74) is 1.31. The third kappa shape index (κ3) is 3.99. The van der Waals surface area contributed by atoms with Gasteiger partial charge in [-0.05, 0) is 24.5 Å². The predicted molar refractivity (Wildman–Crippen MR) is 101 cm³/mol. The molecule has 27 heavy (non-hydrogen) atoms. The van der Waals surface area contributed by atoms with Crippen LogP contribution in [0.2, 0.25) is 0 Å². The second-order valence-electron chi connectivity index (χ2n) is 7.67. The lowest BCUT2D eigenvalue weighted by Crippen LogP contribution is -2.48. The highest BCUT2D eigenvalue weighted by Gasteiger charge is 2.38. The number of carbonyl (C=O) groups excluding carboxylic acids is 1. The second-order valence-corrected chi connectivity index (χ2v) is 7.67. The van der Waals surface area contributed by atoms with Crippen molar-refractivity contribution in [1.82, 2.24) is 25.2 Å². The minimum Gasteiger partial charge on any atom is -0.375 e. The van der Waals surface area contributed by atoms with Crippen LogP contribution in [-0.4, -0.2) is 63.6 Å². The lowest BCUT2D eigenvalue weighted by atomic mass is 10.0. The van der Waals surface area contributed by atoms with E-state index in [0.29, 0.717) is 23.3 Å². The zero-order valence-corrected chi connectivity index (χ0v) is 15.7. The van der Waals surface area contributed by atoms with Gasteiger partial charge in [0.25, 0.3) is 5.91 Å². The fourth-order valence-electron chi connectivity index (χ4n) is 3.77. The number of nitrogens with one attached hydrogen (secondary N) is 1. The highest BCUT2D eigenvalue weighted by Crippen LogP contribution is 2.26. The summed E-state index contributed by atoms with van der Waals surface area (Å²) in [6, 6.07) is 4.26. The van der Waals surface area contributed by atoms with Gasteiger partial charge in [0.1, 0.15) is 0 Å². The molecular weight excluding hydrogens is 342 g/mol. The zero-order valence-electron chi connectivity index (χ0n) is 15.7. The lowest BCUT2D eigenvalue weighted by molar-refractivity contribution is -0.0683. The van der Waals surface area contributed by atoms with Crippen molar-refractivity contribution in [2.24, 2.45) is 5.92 Å². The summed E-state index contributed by atoms with van der Waals surface area (Å²) in [4.78, 5) is 27.7. The van der Waals surface area contributed by atoms with Gasteiger partial charge >= 0.3 is 0 Å². The Bertz CT molecular complexity index is 781. The molecule has 7 nitrogen and oxygen atoms in total. The highest BCUT2D eigenvalue weighted by molar-refractivity contribution is 5.93. The maximum absolute atomic E-state index is 12.6. The molecular formula is C20H25N5O2. The van der Waals surface area contributed by atoms with Gasteiger partial charge in [-0.25, -0.2) is 9.97 Å². The molecule has 2 aromatic heterocycles. The van der Waals surface area contributed by atoms with E-state index in [0.717, 1.165) is 31.7 Å². The first-order valence-corrected chi connectivity index (χ1v) is 9.49. The molecule has 0 aromatic carbocycles. The van der Waals surface area contributed by atoms with Gasteiger partial charge in [-0.15, -0.1) is 0 Å². The molecule has 0 bridgehead atoms. The molecule has 2 aliphatic heterocycles. The molecule has 1 amide bonds. The van der Waals surface area contributed by atoms with E-state index in [4.69, 9.17) is 4.74 Å². The molecule has 0 unspecified atom stereocenters. The van der Waals surface area contributed by atoms with Crippen LogP contribution in [0.3, 0.4) is 0 Å². The van der Waals surface area contributed by atoms with E-state index >= 15 is 0 Å². The van der Waals surface area contributed by atoms with Crippen LogP contribution in [0.4, 0.5) is 0 Å². The maximum Gasteiger partial charge on any atom is 0.254 e. The van der Waals surface area contributed by atoms with Gasteiger partial charge in [-0.1, -0.05) is 13.8 Å². The van der Waals surface area contributed by atoms with Crippen molar-refractivity contribution in [2.75, 3.05) is 19.7 Å². The van der Waals surface area contributed by atoms with Gasteiger partial charge in [0, 0.05) is 55.5 Å². The van der Waals surface area contributed by atoms with E-state index in [1.807, 2.05) is 12.1 Å². The number of rotatable bonds is 4. The van der Waals surface area contributed by atoms with Gasteiger partial charge in [0.05, 0.1) is 18.3 Å². The molecule has 2 saturated heterocycles. The largest absolute Gasteiger partial charge is 0.375 e. The molecule has 0 aliphatic carbocycles. The predicted octanol–water partition coefficient (Wildman–Crippen LogP) is 1.77. The molecule has 2 aromatic rings. The van der Waals surface area contributed by atoms with Crippen LogP contribution < -0.4 is 5.32 Å². The molecule has 7 heteroatoms. The van der Waals surface area contributed by atoms with E-state index in [9.17, 15) is 4.79 Å². The van der Waals surface area contributed by atoms with Gasteiger partial charge in [0.15, 0.2) is 5.82 Å².